The Labute approximate surface area is 113 Å². The lowest BCUT2D eigenvalue weighted by atomic mass is 10.1. The predicted molar refractivity (Wildman–Crippen MR) is 72.9 cm³/mol. The molecule has 4 nitrogen and oxygen atoms in total. The number of halogens is 1. The van der Waals surface area contributed by atoms with E-state index in [0.29, 0.717) is 13.0 Å². The topological polar surface area (TPSA) is 49.4 Å². The summed E-state index contributed by atoms with van der Waals surface area (Å²) in [7, 11) is -0.132. The van der Waals surface area contributed by atoms with Gasteiger partial charge in [0.05, 0.1) is 5.75 Å². The molecule has 19 heavy (non-hydrogen) atoms. The highest BCUT2D eigenvalue weighted by atomic mass is 32.2. The molecular weight excluding hydrogens is 267 g/mol. The van der Waals surface area contributed by atoms with E-state index < -0.39 is 10.0 Å². The quantitative estimate of drug-likeness (QED) is 0.887. The van der Waals surface area contributed by atoms with Crippen molar-refractivity contribution in [3.63, 3.8) is 0 Å². The molecule has 106 valence electrons. The molecule has 0 radical (unpaired) electrons. The Morgan fingerprint density at radius 1 is 1.42 bits per heavy atom. The highest BCUT2D eigenvalue weighted by Gasteiger charge is 2.24. The first-order chi connectivity index (χ1) is 8.92. The van der Waals surface area contributed by atoms with Gasteiger partial charge in [-0.05, 0) is 30.0 Å². The molecular formula is C13H19FN2O2S. The average Bonchev–Trinajstić information content (AvgIpc) is 2.74. The summed E-state index contributed by atoms with van der Waals surface area (Å²) in [6.45, 7) is 0.376. The molecule has 1 atom stereocenters. The van der Waals surface area contributed by atoms with Gasteiger partial charge in [-0.2, -0.15) is 0 Å². The minimum atomic E-state index is -3.18. The van der Waals surface area contributed by atoms with Crippen LogP contribution in [-0.2, 0) is 16.4 Å². The van der Waals surface area contributed by atoms with E-state index in [1.807, 2.05) is 6.07 Å². The molecule has 0 aromatic heterocycles. The van der Waals surface area contributed by atoms with E-state index in [1.165, 1.54) is 24.5 Å². The lowest BCUT2D eigenvalue weighted by molar-refractivity contribution is 0.506. The van der Waals surface area contributed by atoms with Crippen LogP contribution in [0.25, 0.3) is 0 Å². The molecule has 2 rings (SSSR count). The van der Waals surface area contributed by atoms with E-state index in [0.717, 1.165) is 17.5 Å². The highest BCUT2D eigenvalue weighted by molar-refractivity contribution is 7.89. The maximum atomic E-state index is 13.6. The molecule has 0 spiro atoms. The van der Waals surface area contributed by atoms with Crippen molar-refractivity contribution >= 4 is 10.0 Å². The Morgan fingerprint density at radius 3 is 2.84 bits per heavy atom. The lowest BCUT2D eigenvalue weighted by Gasteiger charge is -2.16. The van der Waals surface area contributed by atoms with Crippen molar-refractivity contribution in [2.24, 2.45) is 0 Å². The van der Waals surface area contributed by atoms with Crippen LogP contribution in [0.5, 0.6) is 0 Å². The van der Waals surface area contributed by atoms with Gasteiger partial charge >= 0.3 is 0 Å². The van der Waals surface area contributed by atoms with E-state index in [4.69, 9.17) is 0 Å². The predicted octanol–water partition coefficient (Wildman–Crippen LogP) is 1.29. The van der Waals surface area contributed by atoms with Crippen molar-refractivity contribution in [3.8, 4) is 0 Å². The Balaban J connectivity index is 1.96. The van der Waals surface area contributed by atoms with Gasteiger partial charge in [-0.3, -0.25) is 0 Å². The van der Waals surface area contributed by atoms with Crippen LogP contribution in [0.1, 0.15) is 23.6 Å². The van der Waals surface area contributed by atoms with Gasteiger partial charge in [-0.15, -0.1) is 0 Å². The molecule has 0 aliphatic heterocycles. The molecule has 0 fully saturated rings. The van der Waals surface area contributed by atoms with E-state index in [-0.39, 0.29) is 17.6 Å². The number of hydrogen-bond donors (Lipinski definition) is 1. The Kier molecular flexibility index (Phi) is 4.23. The average molecular weight is 286 g/mol. The number of rotatable bonds is 5. The zero-order valence-corrected chi connectivity index (χ0v) is 12.0. The summed E-state index contributed by atoms with van der Waals surface area (Å²) < 4.78 is 38.0. The molecule has 1 aliphatic carbocycles. The highest BCUT2D eigenvalue weighted by Crippen LogP contribution is 2.32. The molecule has 0 bridgehead atoms. The fraction of sp³-hybridized carbons (Fsp3) is 0.538. The summed E-state index contributed by atoms with van der Waals surface area (Å²) in [6.07, 6.45) is 1.53. The summed E-state index contributed by atoms with van der Waals surface area (Å²) in [4.78, 5) is 0. The summed E-state index contributed by atoms with van der Waals surface area (Å²) in [6, 6.07) is 5.13. The van der Waals surface area contributed by atoms with Crippen LogP contribution in [0.2, 0.25) is 0 Å². The van der Waals surface area contributed by atoms with Gasteiger partial charge in [-0.25, -0.2) is 17.1 Å². The largest absolute Gasteiger partial charge is 0.309 e. The fourth-order valence-corrected chi connectivity index (χ4v) is 3.11. The van der Waals surface area contributed by atoms with Gasteiger partial charge in [0.2, 0.25) is 10.0 Å². The summed E-state index contributed by atoms with van der Waals surface area (Å²) in [5.41, 5.74) is 1.72. The zero-order chi connectivity index (χ0) is 14.0. The molecule has 1 aliphatic rings. The minimum absolute atomic E-state index is 0.0567. The SMILES string of the molecule is CN(C)S(=O)(=O)CCNC1CCc2c(F)cccc21. The maximum Gasteiger partial charge on any atom is 0.214 e. The molecule has 0 saturated heterocycles. The van der Waals surface area contributed by atoms with Crippen molar-refractivity contribution in [3.05, 3.63) is 35.1 Å². The van der Waals surface area contributed by atoms with Gasteiger partial charge in [-0.1, -0.05) is 12.1 Å². The number of fused-ring (bicyclic) bond motifs is 1. The molecule has 1 aromatic carbocycles. The fourth-order valence-electron chi connectivity index (χ4n) is 2.37. The summed E-state index contributed by atoms with van der Waals surface area (Å²) in [5, 5.41) is 3.20. The first-order valence-corrected chi connectivity index (χ1v) is 7.93. The molecule has 1 unspecified atom stereocenters. The maximum absolute atomic E-state index is 13.6. The van der Waals surface area contributed by atoms with Crippen molar-refractivity contribution in [2.75, 3.05) is 26.4 Å². The van der Waals surface area contributed by atoms with Crippen LogP contribution in [0.3, 0.4) is 0 Å². The molecule has 6 heteroatoms. The number of sulfonamides is 1. The van der Waals surface area contributed by atoms with Gasteiger partial charge in [0.1, 0.15) is 5.82 Å². The van der Waals surface area contributed by atoms with E-state index in [9.17, 15) is 12.8 Å². The summed E-state index contributed by atoms with van der Waals surface area (Å²) >= 11 is 0. The van der Waals surface area contributed by atoms with Crippen molar-refractivity contribution in [2.45, 2.75) is 18.9 Å². The van der Waals surface area contributed by atoms with Crippen molar-refractivity contribution in [1.29, 1.82) is 0 Å². The van der Waals surface area contributed by atoms with Gasteiger partial charge in [0.15, 0.2) is 0 Å². The lowest BCUT2D eigenvalue weighted by Crippen LogP contribution is -2.32. The summed E-state index contributed by atoms with van der Waals surface area (Å²) in [5.74, 6) is -0.107. The first kappa shape index (κ1) is 14.4. The number of nitrogens with one attached hydrogen (secondary N) is 1. The Hall–Kier alpha value is -0.980. The first-order valence-electron chi connectivity index (χ1n) is 6.32. The van der Waals surface area contributed by atoms with Gasteiger partial charge in [0.25, 0.3) is 0 Å². The molecule has 0 amide bonds. The molecule has 0 saturated carbocycles. The van der Waals surface area contributed by atoms with E-state index in [1.54, 1.807) is 6.07 Å². The minimum Gasteiger partial charge on any atom is -0.309 e. The second kappa shape index (κ2) is 5.56. The third kappa shape index (κ3) is 3.13. The molecule has 1 aromatic rings. The zero-order valence-electron chi connectivity index (χ0n) is 11.2. The van der Waals surface area contributed by atoms with Crippen LogP contribution in [-0.4, -0.2) is 39.1 Å². The van der Waals surface area contributed by atoms with Gasteiger partial charge < -0.3 is 5.32 Å². The van der Waals surface area contributed by atoms with Crippen molar-refractivity contribution < 1.29 is 12.8 Å². The normalized spacial score (nSPS) is 18.8. The van der Waals surface area contributed by atoms with Crippen LogP contribution in [0.15, 0.2) is 18.2 Å². The smallest absolute Gasteiger partial charge is 0.214 e. The second-order valence-electron chi connectivity index (χ2n) is 4.95. The van der Waals surface area contributed by atoms with Crippen LogP contribution < -0.4 is 5.32 Å². The molecule has 0 heterocycles. The number of nitrogens with zero attached hydrogens (tertiary/aromatic N) is 1. The van der Waals surface area contributed by atoms with Crippen LogP contribution in [0.4, 0.5) is 4.39 Å². The van der Waals surface area contributed by atoms with Gasteiger partial charge in [0, 0.05) is 26.7 Å². The van der Waals surface area contributed by atoms with E-state index in [2.05, 4.69) is 5.32 Å². The Morgan fingerprint density at radius 2 is 2.16 bits per heavy atom. The van der Waals surface area contributed by atoms with E-state index >= 15 is 0 Å². The van der Waals surface area contributed by atoms with Crippen molar-refractivity contribution in [1.82, 2.24) is 9.62 Å². The molecule has 1 N–H and O–H groups in total. The standard InChI is InChI=1S/C13H19FN2O2S/c1-16(2)19(17,18)9-8-15-13-7-6-10-11(13)4-3-5-12(10)14/h3-5,13,15H,6-9H2,1-2H3. The third-order valence-electron chi connectivity index (χ3n) is 3.52. The van der Waals surface area contributed by atoms with Crippen LogP contribution in [0, 0.1) is 5.82 Å². The second-order valence-corrected chi connectivity index (χ2v) is 7.25. The third-order valence-corrected chi connectivity index (χ3v) is 5.35. The van der Waals surface area contributed by atoms with Crippen LogP contribution >= 0.6 is 0 Å². The monoisotopic (exact) mass is 286 g/mol. The number of hydrogen-bond acceptors (Lipinski definition) is 3. The number of benzene rings is 1. The Bertz CT molecular complexity index is 558.